The number of thiophene rings is 1. The fourth-order valence-corrected chi connectivity index (χ4v) is 4.76. The number of ether oxygens (including phenoxy) is 1. The first-order chi connectivity index (χ1) is 13.4. The molecule has 2 aromatic rings. The zero-order valence-electron chi connectivity index (χ0n) is 15.6. The number of anilines is 1. The van der Waals surface area contributed by atoms with Gasteiger partial charge in [0.25, 0.3) is 0 Å². The molecule has 0 aliphatic carbocycles. The first-order valence-corrected chi connectivity index (χ1v) is 10.8. The molecule has 1 N–H and O–H groups in total. The van der Waals surface area contributed by atoms with Crippen LogP contribution < -0.4 is 5.32 Å². The molecule has 0 saturated carbocycles. The van der Waals surface area contributed by atoms with Gasteiger partial charge in [-0.3, -0.25) is 4.90 Å². The van der Waals surface area contributed by atoms with Gasteiger partial charge in [-0.05, 0) is 42.9 Å². The van der Waals surface area contributed by atoms with Gasteiger partial charge in [-0.25, -0.2) is 4.79 Å². The van der Waals surface area contributed by atoms with Crippen molar-refractivity contribution in [1.29, 1.82) is 0 Å². The van der Waals surface area contributed by atoms with Gasteiger partial charge in [0, 0.05) is 47.6 Å². The molecule has 0 amide bonds. The second-order valence-corrected chi connectivity index (χ2v) is 9.01. The zero-order valence-corrected chi connectivity index (χ0v) is 18.8. The van der Waals surface area contributed by atoms with Gasteiger partial charge in [0.05, 0.1) is 12.7 Å². The van der Waals surface area contributed by atoms with E-state index in [1.54, 1.807) is 6.07 Å². The monoisotopic (exact) mass is 457 g/mol. The number of halogens is 2. The predicted molar refractivity (Wildman–Crippen MR) is 120 cm³/mol. The normalized spacial score (nSPS) is 14.8. The van der Waals surface area contributed by atoms with E-state index in [4.69, 9.17) is 40.2 Å². The number of nitrogens with zero attached hydrogens (tertiary/aromatic N) is 2. The molecule has 1 aromatic heterocycles. The number of aryl methyl sites for hydroxylation is 1. The van der Waals surface area contributed by atoms with E-state index in [0.717, 1.165) is 48.2 Å². The Balaban J connectivity index is 1.56. The lowest BCUT2D eigenvalue weighted by atomic mass is 10.2. The summed E-state index contributed by atoms with van der Waals surface area (Å²) in [5.41, 5.74) is 1.58. The number of nitrogens with one attached hydrogen (secondary N) is 1. The molecule has 28 heavy (non-hydrogen) atoms. The molecular formula is C19H21Cl2N3O2S2. The minimum atomic E-state index is -0.362. The van der Waals surface area contributed by atoms with Crippen LogP contribution in [-0.2, 0) is 11.3 Å². The summed E-state index contributed by atoms with van der Waals surface area (Å²) < 4.78 is 4.85. The first-order valence-electron chi connectivity index (χ1n) is 8.78. The quantitative estimate of drug-likeness (QED) is 0.531. The van der Waals surface area contributed by atoms with E-state index in [9.17, 15) is 4.79 Å². The highest BCUT2D eigenvalue weighted by atomic mass is 35.5. The minimum absolute atomic E-state index is 0.362. The molecular weight excluding hydrogens is 437 g/mol. The van der Waals surface area contributed by atoms with Crippen LogP contribution in [-0.4, -0.2) is 54.2 Å². The molecule has 0 atom stereocenters. The Bertz CT molecular complexity index is 880. The highest BCUT2D eigenvalue weighted by Gasteiger charge is 2.22. The lowest BCUT2D eigenvalue weighted by molar-refractivity contribution is 0.0602. The van der Waals surface area contributed by atoms with Gasteiger partial charge in [-0.2, -0.15) is 0 Å². The van der Waals surface area contributed by atoms with E-state index < -0.39 is 0 Å². The maximum absolute atomic E-state index is 11.9. The Kier molecular flexibility index (Phi) is 7.17. The third kappa shape index (κ3) is 5.15. The van der Waals surface area contributed by atoms with Crippen LogP contribution in [0.1, 0.15) is 20.8 Å². The molecule has 9 heteroatoms. The summed E-state index contributed by atoms with van der Waals surface area (Å²) in [5.74, 6) is -0.362. The summed E-state index contributed by atoms with van der Waals surface area (Å²) in [7, 11) is 1.38. The molecule has 0 radical (unpaired) electrons. The maximum Gasteiger partial charge on any atom is 0.340 e. The Morgan fingerprint density at radius 2 is 1.96 bits per heavy atom. The standard InChI is InChI=1S/C19H21Cl2N3O2S2/c1-12-9-15(18(25)26-2)17(28-12)22-19(27)24-7-5-23(6-8-24)11-13-3-4-14(20)10-16(13)21/h3-4,9-10H,5-8,11H2,1-2H3,(H,22,27). The Morgan fingerprint density at radius 1 is 1.25 bits per heavy atom. The van der Waals surface area contributed by atoms with Crippen LogP contribution in [0.4, 0.5) is 5.00 Å². The molecule has 2 heterocycles. The molecule has 150 valence electrons. The second-order valence-electron chi connectivity index (χ2n) is 6.52. The van der Waals surface area contributed by atoms with Crippen LogP contribution in [0.2, 0.25) is 10.0 Å². The minimum Gasteiger partial charge on any atom is -0.465 e. The van der Waals surface area contributed by atoms with Crippen LogP contribution in [0.25, 0.3) is 0 Å². The number of carbonyl (C=O) groups excluding carboxylic acids is 1. The Hall–Kier alpha value is -1.38. The molecule has 1 aliphatic heterocycles. The maximum atomic E-state index is 11.9. The molecule has 0 spiro atoms. The van der Waals surface area contributed by atoms with Crippen LogP contribution >= 0.6 is 46.8 Å². The molecule has 1 fully saturated rings. The molecule has 1 aliphatic rings. The highest BCUT2D eigenvalue weighted by Crippen LogP contribution is 2.29. The van der Waals surface area contributed by atoms with Crippen LogP contribution in [0.15, 0.2) is 24.3 Å². The number of esters is 1. The van der Waals surface area contributed by atoms with Crippen LogP contribution in [0.3, 0.4) is 0 Å². The van der Waals surface area contributed by atoms with Crippen molar-refractivity contribution in [2.45, 2.75) is 13.5 Å². The molecule has 5 nitrogen and oxygen atoms in total. The molecule has 1 aromatic carbocycles. The molecule has 3 rings (SSSR count). The summed E-state index contributed by atoms with van der Waals surface area (Å²) in [6.45, 7) is 6.07. The molecule has 0 unspecified atom stereocenters. The molecule has 0 bridgehead atoms. The van der Waals surface area contributed by atoms with Crippen LogP contribution in [0, 0.1) is 6.92 Å². The van der Waals surface area contributed by atoms with Gasteiger partial charge in [0.2, 0.25) is 0 Å². The average Bonchev–Trinajstić information content (AvgIpc) is 3.04. The second kappa shape index (κ2) is 9.41. The van der Waals surface area contributed by atoms with E-state index in [-0.39, 0.29) is 5.97 Å². The van der Waals surface area contributed by atoms with E-state index >= 15 is 0 Å². The van der Waals surface area contributed by atoms with Gasteiger partial charge in [-0.1, -0.05) is 29.3 Å². The van der Waals surface area contributed by atoms with E-state index in [1.807, 2.05) is 25.1 Å². The van der Waals surface area contributed by atoms with Crippen molar-refractivity contribution < 1.29 is 9.53 Å². The molecule has 1 saturated heterocycles. The summed E-state index contributed by atoms with van der Waals surface area (Å²) in [6.07, 6.45) is 0. The number of hydrogen-bond acceptors (Lipinski definition) is 5. The number of piperazine rings is 1. The lowest BCUT2D eigenvalue weighted by Crippen LogP contribution is -2.49. The zero-order chi connectivity index (χ0) is 20.3. The Morgan fingerprint density at radius 3 is 2.61 bits per heavy atom. The highest BCUT2D eigenvalue weighted by molar-refractivity contribution is 7.80. The predicted octanol–water partition coefficient (Wildman–Crippen LogP) is 4.66. The summed E-state index contributed by atoms with van der Waals surface area (Å²) >= 11 is 19.3. The van der Waals surface area contributed by atoms with Crippen molar-refractivity contribution in [2.75, 3.05) is 38.6 Å². The van der Waals surface area contributed by atoms with Crippen LogP contribution in [0.5, 0.6) is 0 Å². The van der Waals surface area contributed by atoms with E-state index in [0.29, 0.717) is 20.7 Å². The fourth-order valence-electron chi connectivity index (χ4n) is 3.04. The summed E-state index contributed by atoms with van der Waals surface area (Å²) in [4.78, 5) is 17.4. The van der Waals surface area contributed by atoms with E-state index in [2.05, 4.69) is 15.1 Å². The fraction of sp³-hybridized carbons (Fsp3) is 0.368. The van der Waals surface area contributed by atoms with Gasteiger partial charge in [0.1, 0.15) is 5.00 Å². The van der Waals surface area contributed by atoms with Gasteiger partial charge < -0.3 is 15.0 Å². The van der Waals surface area contributed by atoms with Crippen molar-refractivity contribution in [2.24, 2.45) is 0 Å². The average molecular weight is 458 g/mol. The van der Waals surface area contributed by atoms with E-state index in [1.165, 1.54) is 18.4 Å². The number of benzene rings is 1. The number of methoxy groups -OCH3 is 1. The summed E-state index contributed by atoms with van der Waals surface area (Å²) in [6, 6.07) is 7.42. The van der Waals surface area contributed by atoms with Crippen molar-refractivity contribution >= 4 is 62.8 Å². The van der Waals surface area contributed by atoms with Gasteiger partial charge >= 0.3 is 5.97 Å². The number of carbonyl (C=O) groups is 1. The number of rotatable bonds is 4. The van der Waals surface area contributed by atoms with Crippen molar-refractivity contribution in [3.8, 4) is 0 Å². The first kappa shape index (κ1) is 21.3. The van der Waals surface area contributed by atoms with Gasteiger partial charge in [0.15, 0.2) is 5.11 Å². The Labute approximate surface area is 184 Å². The smallest absolute Gasteiger partial charge is 0.340 e. The SMILES string of the molecule is COC(=O)c1cc(C)sc1NC(=S)N1CCN(Cc2ccc(Cl)cc2Cl)CC1. The van der Waals surface area contributed by atoms with Crippen molar-refractivity contribution in [1.82, 2.24) is 9.80 Å². The van der Waals surface area contributed by atoms with Crippen molar-refractivity contribution in [3.63, 3.8) is 0 Å². The number of thiocarbonyl (C=S) groups is 1. The third-order valence-corrected chi connectivity index (χ3v) is 6.46. The third-order valence-electron chi connectivity index (χ3n) is 4.55. The topological polar surface area (TPSA) is 44.8 Å². The lowest BCUT2D eigenvalue weighted by Gasteiger charge is -2.36. The number of hydrogen-bond donors (Lipinski definition) is 1. The summed E-state index contributed by atoms with van der Waals surface area (Å²) in [5, 5.41) is 5.90. The largest absolute Gasteiger partial charge is 0.465 e. The van der Waals surface area contributed by atoms with Crippen molar-refractivity contribution in [3.05, 3.63) is 50.3 Å². The van der Waals surface area contributed by atoms with Gasteiger partial charge in [-0.15, -0.1) is 11.3 Å².